The van der Waals surface area contributed by atoms with E-state index in [1.54, 1.807) is 0 Å². The highest BCUT2D eigenvalue weighted by Crippen LogP contribution is 2.18. The van der Waals surface area contributed by atoms with E-state index >= 15 is 0 Å². The van der Waals surface area contributed by atoms with E-state index in [0.29, 0.717) is 12.2 Å². The summed E-state index contributed by atoms with van der Waals surface area (Å²) in [5.74, 6) is 5.27. The molecule has 0 saturated carbocycles. The molecule has 0 aliphatic carbocycles. The van der Waals surface area contributed by atoms with Crippen molar-refractivity contribution in [1.82, 2.24) is 0 Å². The number of nitrogens with zero attached hydrogens (tertiary/aromatic N) is 1. The molecule has 0 aromatic heterocycles. The number of hydrogen-bond donors (Lipinski definition) is 1. The molecule has 0 aliphatic rings. The Labute approximate surface area is 91.9 Å². The zero-order chi connectivity index (χ0) is 11.3. The van der Waals surface area contributed by atoms with Gasteiger partial charge in [-0.25, -0.2) is 4.39 Å². The summed E-state index contributed by atoms with van der Waals surface area (Å²) in [5.41, 5.74) is -0.0788. The first kappa shape index (κ1) is 11.5. The normalized spacial score (nSPS) is 9.20. The fraction of sp³-hybridized carbons (Fsp3) is 0.200. The molecule has 0 atom stereocenters. The number of hydrogen-bond acceptors (Lipinski definition) is 3. The largest absolute Gasteiger partial charge is 0.285 e. The molecule has 0 bridgehead atoms. The number of nitro benzene ring substituents is 1. The van der Waals surface area contributed by atoms with Crippen molar-refractivity contribution >= 4 is 18.3 Å². The molecule has 0 heterocycles. The Morgan fingerprint density at radius 3 is 2.87 bits per heavy atom. The first-order valence-electron chi connectivity index (χ1n) is 4.19. The van der Waals surface area contributed by atoms with E-state index in [0.717, 1.165) is 18.2 Å². The summed E-state index contributed by atoms with van der Waals surface area (Å²) in [7, 11) is 0. The van der Waals surface area contributed by atoms with Crippen molar-refractivity contribution in [2.45, 2.75) is 6.42 Å². The highest BCUT2D eigenvalue weighted by molar-refractivity contribution is 7.80. The van der Waals surface area contributed by atoms with E-state index in [1.165, 1.54) is 0 Å². The Balaban J connectivity index is 3.09. The molecule has 1 aromatic rings. The molecule has 0 amide bonds. The van der Waals surface area contributed by atoms with Gasteiger partial charge in [-0.2, -0.15) is 12.6 Å². The van der Waals surface area contributed by atoms with Crippen molar-refractivity contribution < 1.29 is 9.31 Å². The minimum absolute atomic E-state index is 0.0989. The Kier molecular flexibility index (Phi) is 4.13. The zero-order valence-electron chi connectivity index (χ0n) is 7.74. The molecule has 1 rings (SSSR count). The van der Waals surface area contributed by atoms with Gasteiger partial charge in [0.1, 0.15) is 11.4 Å². The van der Waals surface area contributed by atoms with Gasteiger partial charge < -0.3 is 0 Å². The Morgan fingerprint density at radius 1 is 1.53 bits per heavy atom. The van der Waals surface area contributed by atoms with Crippen LogP contribution >= 0.6 is 12.6 Å². The molecular weight excluding hydrogens is 217 g/mol. The molecule has 0 spiro atoms. The summed E-state index contributed by atoms with van der Waals surface area (Å²) in [6.07, 6.45) is 0.511. The van der Waals surface area contributed by atoms with Gasteiger partial charge in [-0.1, -0.05) is 11.8 Å². The van der Waals surface area contributed by atoms with Crippen LogP contribution in [0.3, 0.4) is 0 Å². The van der Waals surface area contributed by atoms with Crippen molar-refractivity contribution in [2.24, 2.45) is 0 Å². The van der Waals surface area contributed by atoms with E-state index in [-0.39, 0.29) is 11.3 Å². The number of nitro groups is 1. The van der Waals surface area contributed by atoms with Crippen LogP contribution in [0.2, 0.25) is 0 Å². The Bertz CT molecular complexity index is 437. The van der Waals surface area contributed by atoms with Crippen LogP contribution in [0.15, 0.2) is 18.2 Å². The van der Waals surface area contributed by atoms with Gasteiger partial charge in [-0.05, 0) is 12.1 Å². The van der Waals surface area contributed by atoms with Crippen LogP contribution in [0, 0.1) is 27.8 Å². The first-order valence-corrected chi connectivity index (χ1v) is 4.82. The lowest BCUT2D eigenvalue weighted by Gasteiger charge is -1.95. The molecular formula is C10H8FNO2S. The summed E-state index contributed by atoms with van der Waals surface area (Å²) < 4.78 is 12.8. The maximum absolute atomic E-state index is 12.8. The Morgan fingerprint density at radius 2 is 2.27 bits per heavy atom. The molecule has 0 unspecified atom stereocenters. The van der Waals surface area contributed by atoms with Crippen LogP contribution < -0.4 is 0 Å². The van der Waals surface area contributed by atoms with E-state index in [1.807, 2.05) is 0 Å². The monoisotopic (exact) mass is 225 g/mol. The van der Waals surface area contributed by atoms with Crippen molar-refractivity contribution in [3.8, 4) is 11.8 Å². The fourth-order valence-electron chi connectivity index (χ4n) is 0.981. The van der Waals surface area contributed by atoms with Gasteiger partial charge in [0, 0.05) is 18.2 Å². The lowest BCUT2D eigenvalue weighted by atomic mass is 10.2. The summed E-state index contributed by atoms with van der Waals surface area (Å²) in [6.45, 7) is 0. The van der Waals surface area contributed by atoms with E-state index < -0.39 is 10.7 Å². The lowest BCUT2D eigenvalue weighted by Crippen LogP contribution is -1.92. The van der Waals surface area contributed by atoms with E-state index in [2.05, 4.69) is 24.5 Å². The maximum Gasteiger partial charge on any atom is 0.285 e. The first-order chi connectivity index (χ1) is 7.15. The molecule has 0 fully saturated rings. The van der Waals surface area contributed by atoms with Gasteiger partial charge in [-0.15, -0.1) is 0 Å². The van der Waals surface area contributed by atoms with Gasteiger partial charge in [0.15, 0.2) is 0 Å². The average Bonchev–Trinajstić information content (AvgIpc) is 2.18. The SMILES string of the molecule is O=[N+]([O-])c1ccc(F)cc1C#CCCS. The van der Waals surface area contributed by atoms with Gasteiger partial charge >= 0.3 is 0 Å². The second-order valence-electron chi connectivity index (χ2n) is 2.69. The standard InChI is InChI=1S/C10H8FNO2S/c11-9-4-5-10(12(13)14)8(7-9)3-1-2-6-15/h4-5,7,15H,2,6H2. The van der Waals surface area contributed by atoms with Crippen LogP contribution in [0.4, 0.5) is 10.1 Å². The molecule has 0 N–H and O–H groups in total. The summed E-state index contributed by atoms with van der Waals surface area (Å²) in [5, 5.41) is 10.6. The molecule has 78 valence electrons. The number of halogens is 1. The van der Waals surface area contributed by atoms with E-state index in [9.17, 15) is 14.5 Å². The Hall–Kier alpha value is -1.54. The predicted molar refractivity (Wildman–Crippen MR) is 58.4 cm³/mol. The number of rotatable bonds is 2. The fourth-order valence-corrected chi connectivity index (χ4v) is 1.09. The van der Waals surface area contributed by atoms with Crippen molar-refractivity contribution in [3.63, 3.8) is 0 Å². The van der Waals surface area contributed by atoms with Gasteiger partial charge in [0.05, 0.1) is 4.92 Å². The predicted octanol–water partition coefficient (Wildman–Crippen LogP) is 2.41. The second kappa shape index (κ2) is 5.37. The summed E-state index contributed by atoms with van der Waals surface area (Å²) in [6, 6.07) is 3.21. The summed E-state index contributed by atoms with van der Waals surface area (Å²) in [4.78, 5) is 9.99. The molecule has 1 aromatic carbocycles. The van der Waals surface area contributed by atoms with Crippen LogP contribution in [0.5, 0.6) is 0 Å². The molecule has 3 nitrogen and oxygen atoms in total. The zero-order valence-corrected chi connectivity index (χ0v) is 8.63. The van der Waals surface area contributed by atoms with Crippen molar-refractivity contribution in [3.05, 3.63) is 39.7 Å². The quantitative estimate of drug-likeness (QED) is 0.363. The molecule has 15 heavy (non-hydrogen) atoms. The highest BCUT2D eigenvalue weighted by atomic mass is 32.1. The number of thiol groups is 1. The summed E-state index contributed by atoms with van der Waals surface area (Å²) >= 11 is 3.94. The van der Waals surface area contributed by atoms with Crippen LogP contribution in [0.25, 0.3) is 0 Å². The van der Waals surface area contributed by atoms with E-state index in [4.69, 9.17) is 0 Å². The maximum atomic E-state index is 12.8. The minimum atomic E-state index is -0.579. The smallest absolute Gasteiger partial charge is 0.258 e. The van der Waals surface area contributed by atoms with Crippen LogP contribution in [-0.4, -0.2) is 10.7 Å². The van der Waals surface area contributed by atoms with Gasteiger partial charge in [0.25, 0.3) is 5.69 Å². The third kappa shape index (κ3) is 3.26. The average molecular weight is 225 g/mol. The lowest BCUT2D eigenvalue weighted by molar-refractivity contribution is -0.385. The number of benzene rings is 1. The molecule has 0 radical (unpaired) electrons. The highest BCUT2D eigenvalue weighted by Gasteiger charge is 2.11. The van der Waals surface area contributed by atoms with Crippen molar-refractivity contribution in [1.29, 1.82) is 0 Å². The second-order valence-corrected chi connectivity index (χ2v) is 3.14. The van der Waals surface area contributed by atoms with Crippen LogP contribution in [-0.2, 0) is 0 Å². The molecule has 0 saturated heterocycles. The molecule has 0 aliphatic heterocycles. The third-order valence-corrected chi connectivity index (χ3v) is 1.84. The van der Waals surface area contributed by atoms with Crippen LogP contribution in [0.1, 0.15) is 12.0 Å². The molecule has 5 heteroatoms. The minimum Gasteiger partial charge on any atom is -0.258 e. The third-order valence-electron chi connectivity index (χ3n) is 1.62. The topological polar surface area (TPSA) is 43.1 Å². The van der Waals surface area contributed by atoms with Gasteiger partial charge in [-0.3, -0.25) is 10.1 Å². The van der Waals surface area contributed by atoms with Gasteiger partial charge in [0.2, 0.25) is 0 Å². The van der Waals surface area contributed by atoms with Crippen molar-refractivity contribution in [2.75, 3.05) is 5.75 Å².